The molecule has 2 aliphatic rings. The van der Waals surface area contributed by atoms with E-state index in [1.54, 1.807) is 17.0 Å². The molecule has 1 saturated heterocycles. The van der Waals surface area contributed by atoms with Gasteiger partial charge in [-0.3, -0.25) is 9.59 Å². The minimum absolute atomic E-state index is 0.0403. The maximum atomic E-state index is 12.4. The van der Waals surface area contributed by atoms with Gasteiger partial charge in [0.05, 0.1) is 6.04 Å². The molecule has 4 rings (SSSR count). The first-order valence-electron chi connectivity index (χ1n) is 9.27. The number of rotatable bonds is 5. The molecule has 7 heteroatoms. The normalized spacial score (nSPS) is 18.1. The third kappa shape index (κ3) is 4.03. The fraction of sp³-hybridized carbons (Fsp3) is 0.333. The maximum absolute atomic E-state index is 12.4. The quantitative estimate of drug-likeness (QED) is 0.857. The smallest absolute Gasteiger partial charge is 0.258 e. The van der Waals surface area contributed by atoms with Crippen LogP contribution in [0.15, 0.2) is 42.5 Å². The molecule has 0 aromatic heterocycles. The Balaban J connectivity index is 1.33. The highest BCUT2D eigenvalue weighted by Gasteiger charge is 2.32. The number of nitrogens with zero attached hydrogens (tertiary/aromatic N) is 1. The number of hydrogen-bond acceptors (Lipinski definition) is 5. The number of ether oxygens (including phenoxy) is 3. The van der Waals surface area contributed by atoms with Gasteiger partial charge in [0.25, 0.3) is 5.91 Å². The van der Waals surface area contributed by atoms with Crippen molar-refractivity contribution in [2.75, 3.05) is 31.3 Å². The summed E-state index contributed by atoms with van der Waals surface area (Å²) in [5.74, 6) is 1.67. The number of amides is 2. The minimum Gasteiger partial charge on any atom is -0.486 e. The van der Waals surface area contributed by atoms with Crippen LogP contribution in [0.4, 0.5) is 5.69 Å². The molecule has 0 spiro atoms. The topological polar surface area (TPSA) is 77.1 Å². The Labute approximate surface area is 163 Å². The van der Waals surface area contributed by atoms with Crippen LogP contribution in [0.25, 0.3) is 0 Å². The number of aryl methyl sites for hydroxylation is 1. The highest BCUT2D eigenvalue weighted by atomic mass is 16.6. The van der Waals surface area contributed by atoms with Gasteiger partial charge < -0.3 is 24.4 Å². The highest BCUT2D eigenvalue weighted by Crippen LogP contribution is 2.35. The third-order valence-electron chi connectivity index (χ3n) is 4.72. The number of carbonyl (C=O) groups is 2. The Hall–Kier alpha value is -3.22. The second kappa shape index (κ2) is 7.80. The van der Waals surface area contributed by atoms with Gasteiger partial charge in [-0.15, -0.1) is 0 Å². The van der Waals surface area contributed by atoms with Crippen molar-refractivity contribution >= 4 is 17.5 Å². The number of fused-ring (bicyclic) bond motifs is 1. The lowest BCUT2D eigenvalue weighted by Gasteiger charge is -2.22. The standard InChI is InChI=1S/C21H22N2O5/c1-14-2-5-17(6-3-14)28-13-20(24)22-15-10-21(25)23(12-15)16-4-7-18-19(11-16)27-9-8-26-18/h2-7,11,15H,8-10,12-13H2,1H3,(H,22,24)/t15-/m0/s1. The number of anilines is 1. The molecule has 146 valence electrons. The second-order valence-corrected chi connectivity index (χ2v) is 6.90. The van der Waals surface area contributed by atoms with E-state index < -0.39 is 0 Å². The monoisotopic (exact) mass is 382 g/mol. The summed E-state index contributed by atoms with van der Waals surface area (Å²) in [5.41, 5.74) is 1.86. The van der Waals surface area contributed by atoms with E-state index in [4.69, 9.17) is 14.2 Å². The van der Waals surface area contributed by atoms with E-state index in [-0.39, 0.29) is 30.9 Å². The molecule has 2 heterocycles. The van der Waals surface area contributed by atoms with Crippen LogP contribution in [0.5, 0.6) is 17.2 Å². The van der Waals surface area contributed by atoms with Gasteiger partial charge in [0.1, 0.15) is 19.0 Å². The molecule has 0 saturated carbocycles. The first-order valence-corrected chi connectivity index (χ1v) is 9.27. The van der Waals surface area contributed by atoms with E-state index in [0.29, 0.717) is 37.0 Å². The van der Waals surface area contributed by atoms with Gasteiger partial charge in [-0.1, -0.05) is 17.7 Å². The van der Waals surface area contributed by atoms with E-state index in [1.807, 2.05) is 37.3 Å². The Kier molecular flexibility index (Phi) is 5.06. The third-order valence-corrected chi connectivity index (χ3v) is 4.72. The average molecular weight is 382 g/mol. The van der Waals surface area contributed by atoms with Gasteiger partial charge in [0, 0.05) is 24.7 Å². The maximum Gasteiger partial charge on any atom is 0.258 e. The van der Waals surface area contributed by atoms with Gasteiger partial charge in [0.15, 0.2) is 18.1 Å². The van der Waals surface area contributed by atoms with E-state index in [2.05, 4.69) is 5.32 Å². The summed E-state index contributed by atoms with van der Waals surface area (Å²) in [6, 6.07) is 12.7. The fourth-order valence-electron chi connectivity index (χ4n) is 3.31. The van der Waals surface area contributed by atoms with Crippen molar-refractivity contribution in [3.63, 3.8) is 0 Å². The molecule has 2 aromatic rings. The van der Waals surface area contributed by atoms with Crippen LogP contribution in [0.1, 0.15) is 12.0 Å². The van der Waals surface area contributed by atoms with Gasteiger partial charge in [0.2, 0.25) is 5.91 Å². The number of carbonyl (C=O) groups excluding carboxylic acids is 2. The molecule has 1 fully saturated rings. The first-order chi connectivity index (χ1) is 13.6. The SMILES string of the molecule is Cc1ccc(OCC(=O)N[C@H]2CC(=O)N(c3ccc4c(c3)OCCO4)C2)cc1. The van der Waals surface area contributed by atoms with E-state index >= 15 is 0 Å². The van der Waals surface area contributed by atoms with Crippen molar-refractivity contribution < 1.29 is 23.8 Å². The zero-order chi connectivity index (χ0) is 19.5. The Morgan fingerprint density at radius 1 is 1.14 bits per heavy atom. The highest BCUT2D eigenvalue weighted by molar-refractivity contribution is 5.97. The molecule has 7 nitrogen and oxygen atoms in total. The predicted octanol–water partition coefficient (Wildman–Crippen LogP) is 2.07. The molecule has 28 heavy (non-hydrogen) atoms. The van der Waals surface area contributed by atoms with Crippen molar-refractivity contribution in [1.82, 2.24) is 5.32 Å². The van der Waals surface area contributed by atoms with Gasteiger partial charge in [-0.05, 0) is 31.2 Å². The lowest BCUT2D eigenvalue weighted by molar-refractivity contribution is -0.123. The summed E-state index contributed by atoms with van der Waals surface area (Å²) >= 11 is 0. The number of nitrogens with one attached hydrogen (secondary N) is 1. The molecule has 2 aromatic carbocycles. The van der Waals surface area contributed by atoms with Crippen LogP contribution >= 0.6 is 0 Å². The lowest BCUT2D eigenvalue weighted by atomic mass is 10.2. The summed E-state index contributed by atoms with van der Waals surface area (Å²) in [5, 5.41) is 2.87. The average Bonchev–Trinajstić information content (AvgIpc) is 3.07. The van der Waals surface area contributed by atoms with E-state index in [1.165, 1.54) is 0 Å². The van der Waals surface area contributed by atoms with Crippen molar-refractivity contribution in [2.24, 2.45) is 0 Å². The molecule has 0 bridgehead atoms. The molecule has 0 unspecified atom stereocenters. The Morgan fingerprint density at radius 3 is 2.68 bits per heavy atom. The largest absolute Gasteiger partial charge is 0.486 e. The van der Waals surface area contributed by atoms with Crippen LogP contribution in [0.3, 0.4) is 0 Å². The van der Waals surface area contributed by atoms with Crippen molar-refractivity contribution in [2.45, 2.75) is 19.4 Å². The Morgan fingerprint density at radius 2 is 1.89 bits per heavy atom. The molecular weight excluding hydrogens is 360 g/mol. The zero-order valence-corrected chi connectivity index (χ0v) is 15.6. The zero-order valence-electron chi connectivity index (χ0n) is 15.6. The summed E-state index contributed by atoms with van der Waals surface area (Å²) in [6.07, 6.45) is 0.255. The van der Waals surface area contributed by atoms with Crippen molar-refractivity contribution in [3.8, 4) is 17.2 Å². The molecule has 1 atom stereocenters. The molecule has 2 aliphatic heterocycles. The van der Waals surface area contributed by atoms with Gasteiger partial charge in [-0.25, -0.2) is 0 Å². The lowest BCUT2D eigenvalue weighted by Crippen LogP contribution is -2.39. The van der Waals surface area contributed by atoms with Crippen LogP contribution < -0.4 is 24.4 Å². The fourth-order valence-corrected chi connectivity index (χ4v) is 3.31. The van der Waals surface area contributed by atoms with Crippen LogP contribution in [0, 0.1) is 6.92 Å². The van der Waals surface area contributed by atoms with Crippen molar-refractivity contribution in [1.29, 1.82) is 0 Å². The summed E-state index contributed by atoms with van der Waals surface area (Å²) in [6.45, 7) is 3.32. The van der Waals surface area contributed by atoms with Crippen LogP contribution in [0.2, 0.25) is 0 Å². The molecular formula is C21H22N2O5. The minimum atomic E-state index is -0.255. The molecule has 2 amide bonds. The molecule has 1 N–H and O–H groups in total. The molecule has 0 radical (unpaired) electrons. The first kappa shape index (κ1) is 18.2. The van der Waals surface area contributed by atoms with Crippen LogP contribution in [-0.4, -0.2) is 44.2 Å². The molecule has 0 aliphatic carbocycles. The second-order valence-electron chi connectivity index (χ2n) is 6.90. The summed E-state index contributed by atoms with van der Waals surface area (Å²) in [7, 11) is 0. The summed E-state index contributed by atoms with van der Waals surface area (Å²) in [4.78, 5) is 26.3. The predicted molar refractivity (Wildman–Crippen MR) is 103 cm³/mol. The van der Waals surface area contributed by atoms with Crippen LogP contribution in [-0.2, 0) is 9.59 Å². The Bertz CT molecular complexity index is 881. The van der Waals surface area contributed by atoms with Crippen molar-refractivity contribution in [3.05, 3.63) is 48.0 Å². The summed E-state index contributed by atoms with van der Waals surface area (Å²) < 4.78 is 16.6. The van der Waals surface area contributed by atoms with E-state index in [0.717, 1.165) is 11.3 Å². The van der Waals surface area contributed by atoms with Gasteiger partial charge in [-0.2, -0.15) is 0 Å². The van der Waals surface area contributed by atoms with E-state index in [9.17, 15) is 9.59 Å². The number of hydrogen-bond donors (Lipinski definition) is 1. The van der Waals surface area contributed by atoms with Gasteiger partial charge >= 0.3 is 0 Å². The number of benzene rings is 2.